The number of ether oxygens (including phenoxy) is 2. The highest BCUT2D eigenvalue weighted by atomic mass is 35.5. The molecule has 0 aliphatic carbocycles. The molecular weight excluding hydrogens is 356 g/mol. The number of halogens is 1. The number of rotatable bonds is 7. The van der Waals surface area contributed by atoms with Gasteiger partial charge >= 0.3 is 0 Å². The molecule has 2 rings (SSSR count). The van der Waals surface area contributed by atoms with E-state index in [1.807, 2.05) is 32.0 Å². The fourth-order valence-electron chi connectivity index (χ4n) is 2.07. The molecule has 0 aliphatic heterocycles. The van der Waals surface area contributed by atoms with Crippen molar-refractivity contribution in [3.05, 3.63) is 58.6 Å². The van der Waals surface area contributed by atoms with Crippen molar-refractivity contribution < 1.29 is 19.1 Å². The van der Waals surface area contributed by atoms with E-state index >= 15 is 0 Å². The Morgan fingerprint density at radius 2 is 1.58 bits per heavy atom. The van der Waals surface area contributed by atoms with Crippen LogP contribution in [0.4, 0.5) is 0 Å². The monoisotopic (exact) mass is 376 g/mol. The minimum Gasteiger partial charge on any atom is -0.484 e. The van der Waals surface area contributed by atoms with Gasteiger partial charge in [-0.2, -0.15) is 0 Å². The summed E-state index contributed by atoms with van der Waals surface area (Å²) in [4.78, 5) is 23.4. The fraction of sp³-hybridized carbons (Fsp3) is 0.263. The smallest absolute Gasteiger partial charge is 0.276 e. The molecule has 138 valence electrons. The maximum atomic E-state index is 11.7. The summed E-state index contributed by atoms with van der Waals surface area (Å²) in [6, 6.07) is 12.6. The van der Waals surface area contributed by atoms with Gasteiger partial charge in [0.05, 0.1) is 0 Å². The summed E-state index contributed by atoms with van der Waals surface area (Å²) in [5.41, 5.74) is 6.51. The topological polar surface area (TPSA) is 76.7 Å². The van der Waals surface area contributed by atoms with Gasteiger partial charge in [0.2, 0.25) is 0 Å². The van der Waals surface area contributed by atoms with E-state index in [9.17, 15) is 9.59 Å². The van der Waals surface area contributed by atoms with Gasteiger partial charge < -0.3 is 9.47 Å². The molecular formula is C19H21ClN2O4. The largest absolute Gasteiger partial charge is 0.484 e. The third kappa shape index (κ3) is 6.29. The van der Waals surface area contributed by atoms with E-state index in [-0.39, 0.29) is 13.2 Å². The van der Waals surface area contributed by atoms with E-state index in [0.717, 1.165) is 17.5 Å². The zero-order valence-electron chi connectivity index (χ0n) is 14.7. The van der Waals surface area contributed by atoms with E-state index in [0.29, 0.717) is 16.5 Å². The van der Waals surface area contributed by atoms with E-state index in [1.165, 1.54) is 0 Å². The molecule has 6 nitrogen and oxygen atoms in total. The van der Waals surface area contributed by atoms with Crippen molar-refractivity contribution in [3.63, 3.8) is 0 Å². The molecule has 0 saturated carbocycles. The Balaban J connectivity index is 1.69. The molecule has 0 radical (unpaired) electrons. The van der Waals surface area contributed by atoms with Gasteiger partial charge in [0.25, 0.3) is 11.8 Å². The zero-order chi connectivity index (χ0) is 18.9. The minimum atomic E-state index is -0.487. The Labute approximate surface area is 157 Å². The Morgan fingerprint density at radius 1 is 0.962 bits per heavy atom. The maximum absolute atomic E-state index is 11.7. The predicted molar refractivity (Wildman–Crippen MR) is 99.3 cm³/mol. The van der Waals surface area contributed by atoms with E-state index < -0.39 is 11.8 Å². The van der Waals surface area contributed by atoms with Crippen LogP contribution in [-0.2, 0) is 16.0 Å². The lowest BCUT2D eigenvalue weighted by Gasteiger charge is -2.10. The quantitative estimate of drug-likeness (QED) is 0.728. The third-order valence-corrected chi connectivity index (χ3v) is 3.94. The van der Waals surface area contributed by atoms with Crippen molar-refractivity contribution in [3.8, 4) is 11.5 Å². The van der Waals surface area contributed by atoms with Gasteiger partial charge in [-0.25, -0.2) is 0 Å². The number of hydrogen-bond acceptors (Lipinski definition) is 4. The van der Waals surface area contributed by atoms with Crippen LogP contribution in [0.2, 0.25) is 5.02 Å². The van der Waals surface area contributed by atoms with Crippen LogP contribution in [0.5, 0.6) is 11.5 Å². The van der Waals surface area contributed by atoms with Crippen LogP contribution in [-0.4, -0.2) is 25.0 Å². The highest BCUT2D eigenvalue weighted by molar-refractivity contribution is 6.31. The summed E-state index contributed by atoms with van der Waals surface area (Å²) in [5, 5.41) is 0.624. The van der Waals surface area contributed by atoms with Crippen LogP contribution >= 0.6 is 11.6 Å². The summed E-state index contributed by atoms with van der Waals surface area (Å²) in [7, 11) is 0. The normalized spacial score (nSPS) is 10.1. The first kappa shape index (κ1) is 19.6. The molecule has 2 aromatic carbocycles. The van der Waals surface area contributed by atoms with Crippen molar-refractivity contribution in [2.75, 3.05) is 13.2 Å². The van der Waals surface area contributed by atoms with Crippen LogP contribution in [0.1, 0.15) is 18.1 Å². The molecule has 0 bridgehead atoms. The van der Waals surface area contributed by atoms with E-state index in [4.69, 9.17) is 21.1 Å². The van der Waals surface area contributed by atoms with Crippen molar-refractivity contribution in [2.24, 2.45) is 0 Å². The summed E-state index contributed by atoms with van der Waals surface area (Å²) < 4.78 is 10.7. The molecule has 2 aromatic rings. The molecule has 0 saturated heterocycles. The number of aryl methyl sites for hydroxylation is 2. The second-order valence-electron chi connectivity index (χ2n) is 5.59. The molecule has 26 heavy (non-hydrogen) atoms. The van der Waals surface area contributed by atoms with Gasteiger partial charge in [0.15, 0.2) is 13.2 Å². The summed E-state index contributed by atoms with van der Waals surface area (Å²) in [6.45, 7) is 3.44. The van der Waals surface area contributed by atoms with Gasteiger partial charge in [0.1, 0.15) is 11.5 Å². The molecule has 0 aliphatic rings. The predicted octanol–water partition coefficient (Wildman–Crippen LogP) is 2.82. The first-order chi connectivity index (χ1) is 12.5. The van der Waals surface area contributed by atoms with E-state index in [1.54, 1.807) is 24.3 Å². The molecule has 0 aromatic heterocycles. The first-order valence-electron chi connectivity index (χ1n) is 8.16. The lowest BCUT2D eigenvalue weighted by Crippen LogP contribution is -2.45. The second kappa shape index (κ2) is 9.68. The fourth-order valence-corrected chi connectivity index (χ4v) is 2.19. The molecule has 2 amide bonds. The molecule has 0 fully saturated rings. The van der Waals surface area contributed by atoms with Gasteiger partial charge in [0, 0.05) is 5.02 Å². The summed E-state index contributed by atoms with van der Waals surface area (Å²) in [6.07, 6.45) is 0.882. The van der Waals surface area contributed by atoms with Gasteiger partial charge in [-0.3, -0.25) is 20.4 Å². The standard InChI is InChI=1S/C19H21ClN2O4/c1-3-14-5-4-6-15(10-14)25-11-18(23)21-22-19(24)12-26-16-7-8-17(20)13(2)9-16/h4-10H,3,11-12H2,1-2H3,(H,21,23)(H,22,24). The van der Waals surface area contributed by atoms with Crippen LogP contribution in [0.15, 0.2) is 42.5 Å². The zero-order valence-corrected chi connectivity index (χ0v) is 15.4. The number of carbonyl (C=O) groups excluding carboxylic acids is 2. The van der Waals surface area contributed by atoms with Gasteiger partial charge in [-0.1, -0.05) is 30.7 Å². The average Bonchev–Trinajstić information content (AvgIpc) is 2.65. The molecule has 7 heteroatoms. The Bertz CT molecular complexity index is 780. The van der Waals surface area contributed by atoms with Crippen molar-refractivity contribution >= 4 is 23.4 Å². The number of amides is 2. The second-order valence-corrected chi connectivity index (χ2v) is 5.99. The average molecular weight is 377 g/mol. The Kier molecular flexibility index (Phi) is 7.29. The van der Waals surface area contributed by atoms with E-state index in [2.05, 4.69) is 10.9 Å². The molecule has 0 atom stereocenters. The minimum absolute atomic E-state index is 0.204. The summed E-state index contributed by atoms with van der Waals surface area (Å²) >= 11 is 5.92. The van der Waals surface area contributed by atoms with Gasteiger partial charge in [-0.05, 0) is 54.8 Å². The third-order valence-electron chi connectivity index (χ3n) is 3.52. The number of hydrogen-bond donors (Lipinski definition) is 2. The Morgan fingerprint density at radius 3 is 2.15 bits per heavy atom. The number of hydrazine groups is 1. The van der Waals surface area contributed by atoms with Crippen molar-refractivity contribution in [2.45, 2.75) is 20.3 Å². The number of nitrogens with one attached hydrogen (secondary N) is 2. The molecule has 0 spiro atoms. The summed E-state index contributed by atoms with van der Waals surface area (Å²) in [5.74, 6) is 0.168. The SMILES string of the molecule is CCc1cccc(OCC(=O)NNC(=O)COc2ccc(Cl)c(C)c2)c1. The number of benzene rings is 2. The van der Waals surface area contributed by atoms with Crippen molar-refractivity contribution in [1.82, 2.24) is 10.9 Å². The van der Waals surface area contributed by atoms with Gasteiger partial charge in [-0.15, -0.1) is 0 Å². The highest BCUT2D eigenvalue weighted by Gasteiger charge is 2.07. The lowest BCUT2D eigenvalue weighted by molar-refractivity contribution is -0.131. The van der Waals surface area contributed by atoms with Crippen molar-refractivity contribution in [1.29, 1.82) is 0 Å². The molecule has 0 unspecified atom stereocenters. The van der Waals surface area contributed by atoms with Crippen LogP contribution < -0.4 is 20.3 Å². The molecule has 0 heterocycles. The highest BCUT2D eigenvalue weighted by Crippen LogP contribution is 2.20. The molecule has 2 N–H and O–H groups in total. The van der Waals surface area contributed by atoms with Crippen LogP contribution in [0, 0.1) is 6.92 Å². The maximum Gasteiger partial charge on any atom is 0.276 e. The lowest BCUT2D eigenvalue weighted by atomic mass is 10.2. The first-order valence-corrected chi connectivity index (χ1v) is 8.54. The van der Waals surface area contributed by atoms with Crippen LogP contribution in [0.25, 0.3) is 0 Å². The number of carbonyl (C=O) groups is 2. The van der Waals surface area contributed by atoms with Crippen LogP contribution in [0.3, 0.4) is 0 Å². The Hall–Kier alpha value is -2.73.